The predicted molar refractivity (Wildman–Crippen MR) is 132 cm³/mol. The van der Waals surface area contributed by atoms with Gasteiger partial charge in [0, 0.05) is 19.6 Å². The van der Waals surface area contributed by atoms with E-state index in [1.807, 2.05) is 31.9 Å². The lowest BCUT2D eigenvalue weighted by Gasteiger charge is -2.34. The topological polar surface area (TPSA) is 67.8 Å². The Kier molecular flexibility index (Phi) is 6.90. The van der Waals surface area contributed by atoms with Gasteiger partial charge >= 0.3 is 6.09 Å². The second-order valence-corrected chi connectivity index (χ2v) is 11.3. The fourth-order valence-electron chi connectivity index (χ4n) is 4.54. The Labute approximate surface area is 210 Å². The standard InChI is InChI=1S/C22H27BrClFN4O3S/c1-22(2,3)32-21(30)29-9-11-6-7-28(10-12(29)8-11)19-13-17(26-20(27-19)33-5)16(25)14(23)15(24)18(13)31-4/h11-12H,6-10H2,1-5H3. The zero-order valence-corrected chi connectivity index (χ0v) is 22.4. The van der Waals surface area contributed by atoms with Crippen molar-refractivity contribution in [2.75, 3.05) is 37.9 Å². The smallest absolute Gasteiger partial charge is 0.410 e. The minimum atomic E-state index is -0.561. The van der Waals surface area contributed by atoms with Crippen molar-refractivity contribution in [2.45, 2.75) is 50.4 Å². The molecule has 2 saturated heterocycles. The molecule has 0 radical (unpaired) electrons. The molecular formula is C22H27BrClFN4O3S. The summed E-state index contributed by atoms with van der Waals surface area (Å²) in [4.78, 5) is 25.9. The summed E-state index contributed by atoms with van der Waals surface area (Å²) >= 11 is 11.0. The minimum absolute atomic E-state index is 0.0307. The van der Waals surface area contributed by atoms with E-state index < -0.39 is 11.4 Å². The SMILES string of the molecule is COc1c(Cl)c(Br)c(F)c2nc(SC)nc(N3CCC4CC(C3)N(C(=O)OC(C)(C)C)C4)c12. The molecule has 2 unspecified atom stereocenters. The average Bonchev–Trinajstić information content (AvgIpc) is 3.03. The number of methoxy groups -OCH3 is 1. The van der Waals surface area contributed by atoms with Gasteiger partial charge in [0.05, 0.1) is 23.0 Å². The molecule has 0 N–H and O–H groups in total. The maximum atomic E-state index is 15.2. The summed E-state index contributed by atoms with van der Waals surface area (Å²) < 4.78 is 26.6. The second kappa shape index (κ2) is 9.26. The van der Waals surface area contributed by atoms with E-state index in [9.17, 15) is 4.79 Å². The van der Waals surface area contributed by atoms with Crippen LogP contribution in [0.4, 0.5) is 15.0 Å². The minimum Gasteiger partial charge on any atom is -0.494 e. The van der Waals surface area contributed by atoms with Crippen LogP contribution in [0.25, 0.3) is 10.9 Å². The summed E-state index contributed by atoms with van der Waals surface area (Å²) in [6.07, 6.45) is 3.32. The number of carbonyl (C=O) groups excluding carboxylic acids is 1. The molecule has 1 amide bonds. The molecule has 2 atom stereocenters. The highest BCUT2D eigenvalue weighted by Gasteiger charge is 2.41. The largest absolute Gasteiger partial charge is 0.494 e. The molecule has 11 heteroatoms. The van der Waals surface area contributed by atoms with E-state index in [0.717, 1.165) is 19.4 Å². The van der Waals surface area contributed by atoms with Gasteiger partial charge in [-0.15, -0.1) is 0 Å². The van der Waals surface area contributed by atoms with Gasteiger partial charge in [0.15, 0.2) is 16.7 Å². The number of aromatic nitrogens is 2. The predicted octanol–water partition coefficient (Wildman–Crippen LogP) is 5.75. The number of thioether (sulfide) groups is 1. The Morgan fingerprint density at radius 2 is 2.03 bits per heavy atom. The number of hydrogen-bond donors (Lipinski definition) is 0. The first-order valence-electron chi connectivity index (χ1n) is 10.7. The average molecular weight is 562 g/mol. The molecule has 0 aliphatic carbocycles. The molecule has 2 bridgehead atoms. The number of rotatable bonds is 3. The summed E-state index contributed by atoms with van der Waals surface area (Å²) in [6.45, 7) is 7.56. The maximum Gasteiger partial charge on any atom is 0.410 e. The summed E-state index contributed by atoms with van der Waals surface area (Å²) in [5.74, 6) is 0.700. The highest BCUT2D eigenvalue weighted by molar-refractivity contribution is 9.10. The van der Waals surface area contributed by atoms with Crippen LogP contribution in [0, 0.1) is 11.7 Å². The van der Waals surface area contributed by atoms with E-state index >= 15 is 4.39 Å². The van der Waals surface area contributed by atoms with Crippen LogP contribution in [0.3, 0.4) is 0 Å². The number of anilines is 1. The van der Waals surface area contributed by atoms with Gasteiger partial charge in [-0.3, -0.25) is 0 Å². The number of nitrogens with zero attached hydrogens (tertiary/aromatic N) is 4. The zero-order valence-electron chi connectivity index (χ0n) is 19.2. The lowest BCUT2D eigenvalue weighted by molar-refractivity contribution is 0.0221. The van der Waals surface area contributed by atoms with Crippen LogP contribution in [-0.2, 0) is 4.74 Å². The molecule has 7 nitrogen and oxygen atoms in total. The number of benzene rings is 1. The highest BCUT2D eigenvalue weighted by atomic mass is 79.9. The lowest BCUT2D eigenvalue weighted by Crippen LogP contribution is -2.46. The van der Waals surface area contributed by atoms with Crippen molar-refractivity contribution in [1.29, 1.82) is 0 Å². The van der Waals surface area contributed by atoms with Gasteiger partial charge in [-0.05, 0) is 61.7 Å². The molecule has 2 fully saturated rings. The van der Waals surface area contributed by atoms with Crippen LogP contribution in [0.2, 0.25) is 5.02 Å². The molecule has 2 aliphatic rings. The van der Waals surface area contributed by atoms with E-state index in [4.69, 9.17) is 26.1 Å². The van der Waals surface area contributed by atoms with Crippen molar-refractivity contribution in [3.63, 3.8) is 0 Å². The number of ether oxygens (including phenoxy) is 2. The Balaban J connectivity index is 1.78. The number of amides is 1. The molecule has 0 saturated carbocycles. The summed E-state index contributed by atoms with van der Waals surface area (Å²) in [7, 11) is 1.49. The van der Waals surface area contributed by atoms with Gasteiger partial charge in [-0.1, -0.05) is 23.4 Å². The maximum absolute atomic E-state index is 15.2. The van der Waals surface area contributed by atoms with E-state index in [2.05, 4.69) is 25.8 Å². The van der Waals surface area contributed by atoms with Gasteiger partial charge in [-0.2, -0.15) is 0 Å². The van der Waals surface area contributed by atoms with Gasteiger partial charge in [0.25, 0.3) is 0 Å². The number of carbonyl (C=O) groups is 1. The second-order valence-electron chi connectivity index (χ2n) is 9.36. The van der Waals surface area contributed by atoms with E-state index in [0.29, 0.717) is 41.1 Å². The number of likely N-dealkylation sites (tertiary alicyclic amines) is 1. The third-order valence-corrected chi connectivity index (χ3v) is 7.82. The molecule has 1 aromatic heterocycles. The zero-order chi connectivity index (χ0) is 24.1. The Morgan fingerprint density at radius 3 is 2.67 bits per heavy atom. The summed E-state index contributed by atoms with van der Waals surface area (Å²) in [6, 6.07) is -0.0307. The Morgan fingerprint density at radius 1 is 1.30 bits per heavy atom. The summed E-state index contributed by atoms with van der Waals surface area (Å²) in [5, 5.41) is 1.02. The Bertz CT molecular complexity index is 1100. The van der Waals surface area contributed by atoms with Gasteiger partial charge in [0.1, 0.15) is 22.0 Å². The normalized spacial score (nSPS) is 20.8. The molecular weight excluding hydrogens is 535 g/mol. The lowest BCUT2D eigenvalue weighted by atomic mass is 10.0. The first kappa shape index (κ1) is 24.6. The molecule has 3 heterocycles. The molecule has 0 spiro atoms. The van der Waals surface area contributed by atoms with Crippen molar-refractivity contribution < 1.29 is 18.7 Å². The first-order valence-corrected chi connectivity index (χ1v) is 13.1. The third-order valence-electron chi connectivity index (χ3n) is 5.94. The van der Waals surface area contributed by atoms with Crippen molar-refractivity contribution in [3.05, 3.63) is 15.3 Å². The van der Waals surface area contributed by atoms with Crippen molar-refractivity contribution in [2.24, 2.45) is 5.92 Å². The quantitative estimate of drug-likeness (QED) is 0.268. The van der Waals surface area contributed by atoms with Crippen LogP contribution in [0.15, 0.2) is 9.63 Å². The highest BCUT2D eigenvalue weighted by Crippen LogP contribution is 2.45. The third kappa shape index (κ3) is 4.71. The fourth-order valence-corrected chi connectivity index (χ4v) is 5.52. The van der Waals surface area contributed by atoms with Crippen LogP contribution >= 0.6 is 39.3 Å². The van der Waals surface area contributed by atoms with E-state index in [1.54, 1.807) is 0 Å². The van der Waals surface area contributed by atoms with Crippen LogP contribution in [-0.4, -0.2) is 65.6 Å². The van der Waals surface area contributed by atoms with Crippen LogP contribution < -0.4 is 9.64 Å². The molecule has 2 aromatic rings. The van der Waals surface area contributed by atoms with Gasteiger partial charge in [0.2, 0.25) is 0 Å². The van der Waals surface area contributed by atoms with E-state index in [-0.39, 0.29) is 27.1 Å². The van der Waals surface area contributed by atoms with Gasteiger partial charge < -0.3 is 19.3 Å². The van der Waals surface area contributed by atoms with Crippen molar-refractivity contribution >= 4 is 62.1 Å². The monoisotopic (exact) mass is 560 g/mol. The molecule has 1 aromatic carbocycles. The van der Waals surface area contributed by atoms with Crippen LogP contribution in [0.5, 0.6) is 5.75 Å². The summed E-state index contributed by atoms with van der Waals surface area (Å²) in [5.41, 5.74) is -0.412. The first-order chi connectivity index (χ1) is 15.5. The van der Waals surface area contributed by atoms with Gasteiger partial charge in [-0.25, -0.2) is 19.2 Å². The Hall–Kier alpha value is -1.52. The molecule has 180 valence electrons. The molecule has 4 rings (SSSR count). The molecule has 33 heavy (non-hydrogen) atoms. The number of fused-ring (bicyclic) bond motifs is 3. The van der Waals surface area contributed by atoms with Crippen molar-refractivity contribution in [1.82, 2.24) is 14.9 Å². The van der Waals surface area contributed by atoms with Crippen LogP contribution in [0.1, 0.15) is 33.6 Å². The fraction of sp³-hybridized carbons (Fsp3) is 0.591. The number of hydrogen-bond acceptors (Lipinski definition) is 7. The molecule has 2 aliphatic heterocycles. The number of halogens is 3. The van der Waals surface area contributed by atoms with E-state index in [1.165, 1.54) is 18.9 Å². The van der Waals surface area contributed by atoms with Crippen molar-refractivity contribution in [3.8, 4) is 5.75 Å².